The van der Waals surface area contributed by atoms with Crippen molar-refractivity contribution in [2.75, 3.05) is 0 Å². The summed E-state index contributed by atoms with van der Waals surface area (Å²) in [6, 6.07) is 8.84. The summed E-state index contributed by atoms with van der Waals surface area (Å²) in [7, 11) is 0. The first-order valence-electron chi connectivity index (χ1n) is 6.29. The lowest BCUT2D eigenvalue weighted by molar-refractivity contribution is 0.339. The summed E-state index contributed by atoms with van der Waals surface area (Å²) >= 11 is 5.12. The van der Waals surface area contributed by atoms with Crippen LogP contribution in [0.25, 0.3) is 0 Å². The van der Waals surface area contributed by atoms with Crippen LogP contribution in [0.3, 0.4) is 0 Å². The average molecular weight is 322 g/mol. The lowest BCUT2D eigenvalue weighted by Gasteiger charge is -2.35. The number of thiocarbonyl (C=S) groups is 1. The first kappa shape index (κ1) is 15.9. The van der Waals surface area contributed by atoms with Crippen LogP contribution in [-0.2, 0) is 0 Å². The van der Waals surface area contributed by atoms with Gasteiger partial charge in [0, 0.05) is 18.0 Å². The van der Waals surface area contributed by atoms with Crippen LogP contribution in [0.5, 0.6) is 0 Å². The number of nitriles is 3. The van der Waals surface area contributed by atoms with Gasteiger partial charge in [-0.05, 0) is 25.2 Å². The molecule has 9 heteroatoms. The van der Waals surface area contributed by atoms with Gasteiger partial charge in [0.2, 0.25) is 0 Å². The van der Waals surface area contributed by atoms with Crippen LogP contribution < -0.4 is 11.1 Å². The number of hydrogen-bond acceptors (Lipinski definition) is 7. The molecule has 112 valence electrons. The highest BCUT2D eigenvalue weighted by Crippen LogP contribution is 2.29. The minimum Gasteiger partial charge on any atom is -0.384 e. The molecule has 1 aliphatic heterocycles. The van der Waals surface area contributed by atoms with Gasteiger partial charge >= 0.3 is 0 Å². The van der Waals surface area contributed by atoms with Crippen molar-refractivity contribution in [2.24, 2.45) is 10.8 Å². The second-order valence-electron chi connectivity index (χ2n) is 4.50. The van der Waals surface area contributed by atoms with Crippen molar-refractivity contribution in [1.29, 1.82) is 15.8 Å². The molecule has 0 spiro atoms. The number of nitrogens with one attached hydrogen (secondary N) is 1. The number of hydrazone groups is 1. The Kier molecular flexibility index (Phi) is 4.22. The van der Waals surface area contributed by atoms with E-state index in [1.54, 1.807) is 49.7 Å². The summed E-state index contributed by atoms with van der Waals surface area (Å²) in [5.74, 6) is -0.133. The third-order valence-electron chi connectivity index (χ3n) is 3.15. The van der Waals surface area contributed by atoms with Crippen LogP contribution >= 0.6 is 12.2 Å². The third-order valence-corrected chi connectivity index (χ3v) is 3.42. The quantitative estimate of drug-likeness (QED) is 0.592. The van der Waals surface area contributed by atoms with E-state index in [-0.39, 0.29) is 16.5 Å². The van der Waals surface area contributed by atoms with E-state index in [0.717, 1.165) is 5.01 Å². The predicted octanol–water partition coefficient (Wildman–Crippen LogP) is 0.476. The minimum atomic E-state index is -2.02. The Morgan fingerprint density at radius 3 is 2.65 bits per heavy atom. The first-order valence-corrected chi connectivity index (χ1v) is 6.70. The maximum absolute atomic E-state index is 9.51. The molecule has 0 unspecified atom stereocenters. The van der Waals surface area contributed by atoms with Crippen molar-refractivity contribution >= 4 is 23.0 Å². The largest absolute Gasteiger partial charge is 0.384 e. The Labute approximate surface area is 137 Å². The van der Waals surface area contributed by atoms with Crippen molar-refractivity contribution in [3.63, 3.8) is 0 Å². The van der Waals surface area contributed by atoms with E-state index >= 15 is 0 Å². The van der Waals surface area contributed by atoms with Gasteiger partial charge in [0.25, 0.3) is 5.54 Å². The molecule has 0 atom stereocenters. The van der Waals surface area contributed by atoms with Gasteiger partial charge in [-0.25, -0.2) is 0 Å². The molecular weight excluding hydrogens is 312 g/mol. The van der Waals surface area contributed by atoms with Crippen LogP contribution in [0.2, 0.25) is 0 Å². The van der Waals surface area contributed by atoms with Crippen molar-refractivity contribution < 1.29 is 0 Å². The Bertz CT molecular complexity index is 820. The summed E-state index contributed by atoms with van der Waals surface area (Å²) in [6.45, 7) is 1.67. The molecule has 2 rings (SSSR count). The van der Waals surface area contributed by atoms with Gasteiger partial charge in [0.1, 0.15) is 29.6 Å². The average Bonchev–Trinajstić information content (AvgIpc) is 2.57. The van der Waals surface area contributed by atoms with Crippen molar-refractivity contribution in [2.45, 2.75) is 12.5 Å². The maximum Gasteiger partial charge on any atom is 0.274 e. The molecule has 0 radical (unpaired) electrons. The molecule has 0 aromatic carbocycles. The molecule has 8 nitrogen and oxygen atoms in total. The van der Waals surface area contributed by atoms with E-state index in [1.807, 2.05) is 0 Å². The number of pyridine rings is 1. The van der Waals surface area contributed by atoms with Gasteiger partial charge in [-0.2, -0.15) is 25.9 Å². The molecule has 0 amide bonds. The molecule has 23 heavy (non-hydrogen) atoms. The summed E-state index contributed by atoms with van der Waals surface area (Å²) in [5.41, 5.74) is 4.56. The Balaban J connectivity index is 2.62. The topological polar surface area (TPSA) is 138 Å². The number of rotatable bonds is 2. The molecule has 0 aliphatic carbocycles. The van der Waals surface area contributed by atoms with Gasteiger partial charge in [0.05, 0.1) is 5.71 Å². The molecule has 2 heterocycles. The van der Waals surface area contributed by atoms with Crippen LogP contribution in [-0.4, -0.2) is 26.4 Å². The molecule has 3 N–H and O–H groups in total. The van der Waals surface area contributed by atoms with Crippen LogP contribution in [0, 0.1) is 34.0 Å². The summed E-state index contributed by atoms with van der Waals surface area (Å²) < 4.78 is 0. The van der Waals surface area contributed by atoms with E-state index in [2.05, 4.69) is 15.4 Å². The second kappa shape index (κ2) is 6.10. The molecule has 1 aromatic heterocycles. The molecular formula is C14H10N8S. The highest BCUT2D eigenvalue weighted by molar-refractivity contribution is 7.80. The zero-order chi connectivity index (χ0) is 17.0. The molecule has 0 saturated heterocycles. The standard InChI is InChI=1S/C14H10N8S/c1-9(10-3-2-4-19-6-10)21-22-13(23)20-12(18)11(5-15)14(22,7-16)8-17/h2-4,6H,18H2,1H3,(H,20,23)/b21-9-. The van der Waals surface area contributed by atoms with Gasteiger partial charge in [0.15, 0.2) is 5.11 Å². The van der Waals surface area contributed by atoms with Crippen LogP contribution in [0.1, 0.15) is 12.5 Å². The van der Waals surface area contributed by atoms with Gasteiger partial charge in [-0.3, -0.25) is 4.98 Å². The van der Waals surface area contributed by atoms with Gasteiger partial charge in [-0.15, -0.1) is 0 Å². The Hall–Kier alpha value is -3.48. The normalized spacial score (nSPS) is 16.9. The lowest BCUT2D eigenvalue weighted by Crippen LogP contribution is -2.58. The van der Waals surface area contributed by atoms with Crippen molar-refractivity contribution in [1.82, 2.24) is 15.3 Å². The first-order chi connectivity index (χ1) is 11.0. The van der Waals surface area contributed by atoms with E-state index in [4.69, 9.17) is 18.0 Å². The fourth-order valence-electron chi connectivity index (χ4n) is 1.96. The fraction of sp³-hybridized carbons (Fsp3) is 0.143. The molecule has 1 aromatic rings. The number of aromatic nitrogens is 1. The smallest absolute Gasteiger partial charge is 0.274 e. The predicted molar refractivity (Wildman–Crippen MR) is 84.8 cm³/mol. The highest BCUT2D eigenvalue weighted by atomic mass is 32.1. The van der Waals surface area contributed by atoms with E-state index < -0.39 is 5.54 Å². The van der Waals surface area contributed by atoms with E-state index in [0.29, 0.717) is 11.3 Å². The van der Waals surface area contributed by atoms with Crippen molar-refractivity contribution in [3.05, 3.63) is 41.5 Å². The zero-order valence-corrected chi connectivity index (χ0v) is 12.8. The molecule has 1 aliphatic rings. The zero-order valence-electron chi connectivity index (χ0n) is 12.0. The number of hydrogen-bond donors (Lipinski definition) is 2. The van der Waals surface area contributed by atoms with Crippen molar-refractivity contribution in [3.8, 4) is 18.2 Å². The summed E-state index contributed by atoms with van der Waals surface area (Å²) in [6.07, 6.45) is 3.19. The highest BCUT2D eigenvalue weighted by Gasteiger charge is 2.49. The van der Waals surface area contributed by atoms with Crippen LogP contribution in [0.4, 0.5) is 0 Å². The summed E-state index contributed by atoms with van der Waals surface area (Å²) in [4.78, 5) is 3.98. The molecule has 0 bridgehead atoms. The molecule has 0 saturated carbocycles. The second-order valence-corrected chi connectivity index (χ2v) is 4.89. The fourth-order valence-corrected chi connectivity index (χ4v) is 2.25. The number of nitrogens with zero attached hydrogens (tertiary/aromatic N) is 6. The van der Waals surface area contributed by atoms with Gasteiger partial charge < -0.3 is 11.1 Å². The lowest BCUT2D eigenvalue weighted by atomic mass is 9.91. The van der Waals surface area contributed by atoms with E-state index in [9.17, 15) is 15.8 Å². The van der Waals surface area contributed by atoms with E-state index in [1.165, 1.54) is 0 Å². The monoisotopic (exact) mass is 322 g/mol. The number of nitrogens with two attached hydrogens (primary N) is 1. The summed E-state index contributed by atoms with van der Waals surface area (Å²) in [5, 5.41) is 36.0. The third kappa shape index (κ3) is 2.55. The van der Waals surface area contributed by atoms with Crippen LogP contribution in [0.15, 0.2) is 41.0 Å². The van der Waals surface area contributed by atoms with Gasteiger partial charge in [-0.1, -0.05) is 6.07 Å². The molecule has 0 fully saturated rings. The Morgan fingerprint density at radius 2 is 2.13 bits per heavy atom. The Morgan fingerprint density at radius 1 is 1.43 bits per heavy atom. The minimum absolute atomic E-state index is 0.0483. The maximum atomic E-state index is 9.51. The SMILES string of the molecule is C/C(=N/N1C(=S)NC(N)=C(C#N)C1(C#N)C#N)c1cccnc1.